The van der Waals surface area contributed by atoms with Crippen LogP contribution in [0.25, 0.3) is 0 Å². The molecule has 0 spiro atoms. The van der Waals surface area contributed by atoms with Gasteiger partial charge in [-0.1, -0.05) is 33.1 Å². The van der Waals surface area contributed by atoms with Gasteiger partial charge in [0.25, 0.3) is 0 Å². The van der Waals surface area contributed by atoms with Gasteiger partial charge in [-0.05, 0) is 70.9 Å². The van der Waals surface area contributed by atoms with E-state index >= 15 is 0 Å². The number of aliphatic hydroxyl groups excluding tert-OH is 1. The topological polar surface area (TPSA) is 357 Å². The number of hydrogen-bond donors (Lipinski definition) is 11. The molecule has 21 nitrogen and oxygen atoms in total. The number of guanidine groups is 1. The van der Waals surface area contributed by atoms with Crippen LogP contribution >= 0.6 is 11.8 Å². The van der Waals surface area contributed by atoms with Gasteiger partial charge in [0.05, 0.1) is 24.6 Å². The number of carboxylic acid groups (broad SMARTS) is 1. The first-order valence-corrected chi connectivity index (χ1v) is 21.2. The monoisotopic (exact) mass is 858 g/mol. The fraction of sp³-hybridized carbons (Fsp3) is 0.730. The van der Waals surface area contributed by atoms with Crippen LogP contribution in [-0.2, 0) is 43.2 Å². The highest BCUT2D eigenvalue weighted by Gasteiger charge is 2.36. The predicted octanol–water partition coefficient (Wildman–Crippen LogP) is -2.17. The summed E-state index contributed by atoms with van der Waals surface area (Å²) in [6.45, 7) is 7.32. The number of hydrogen-bond acceptors (Lipinski definition) is 13. The fourth-order valence-corrected chi connectivity index (χ4v) is 5.81. The van der Waals surface area contributed by atoms with Gasteiger partial charge in [-0.3, -0.25) is 48.1 Å². The minimum atomic E-state index is -1.78. The first-order chi connectivity index (χ1) is 27.8. The van der Waals surface area contributed by atoms with Crippen molar-refractivity contribution >= 4 is 70.7 Å². The molecule has 0 aliphatic carbocycles. The maximum Gasteiger partial charge on any atom is 0.303 e. The van der Waals surface area contributed by atoms with Crippen molar-refractivity contribution in [3.8, 4) is 0 Å². The number of thioether (sulfide) groups is 1. The van der Waals surface area contributed by atoms with Crippen molar-refractivity contribution < 1.29 is 53.4 Å². The number of aliphatic imine (C=N–C) groups is 1. The van der Waals surface area contributed by atoms with E-state index in [4.69, 9.17) is 17.2 Å². The summed E-state index contributed by atoms with van der Waals surface area (Å²) in [6, 6.07) is -8.57. The van der Waals surface area contributed by atoms with Gasteiger partial charge < -0.3 is 59.3 Å². The van der Waals surface area contributed by atoms with Crippen molar-refractivity contribution in [3.05, 3.63) is 0 Å². The molecule has 14 N–H and O–H groups in total. The zero-order valence-corrected chi connectivity index (χ0v) is 35.6. The second-order valence-corrected chi connectivity index (χ2v) is 15.1. The van der Waals surface area contributed by atoms with Gasteiger partial charge in [0.1, 0.15) is 24.2 Å². The van der Waals surface area contributed by atoms with E-state index in [1.54, 1.807) is 6.26 Å². The zero-order valence-electron chi connectivity index (χ0n) is 34.8. The Morgan fingerprint density at radius 1 is 0.780 bits per heavy atom. The maximum absolute atomic E-state index is 13.7. The number of aliphatic carboxylic acids is 1. The maximum atomic E-state index is 13.7. The number of nitrogens with zero attached hydrogens (tertiary/aromatic N) is 1. The van der Waals surface area contributed by atoms with Crippen LogP contribution < -0.4 is 49.1 Å². The number of carboxylic acids is 1. The first-order valence-electron chi connectivity index (χ1n) is 19.8. The third-order valence-corrected chi connectivity index (χ3v) is 9.53. The van der Waals surface area contributed by atoms with E-state index in [2.05, 4.69) is 50.7 Å². The summed E-state index contributed by atoms with van der Waals surface area (Å²) in [5.74, 6) is -8.54. The molecule has 1 aliphatic rings. The lowest BCUT2D eigenvalue weighted by Gasteiger charge is -2.28. The quantitative estimate of drug-likeness (QED) is 0.0383. The van der Waals surface area contributed by atoms with Gasteiger partial charge in [0, 0.05) is 19.4 Å². The molecule has 1 heterocycles. The van der Waals surface area contributed by atoms with Crippen LogP contribution in [0.2, 0.25) is 0 Å². The second-order valence-electron chi connectivity index (χ2n) is 14.1. The zero-order chi connectivity index (χ0) is 45.1. The molecule has 0 radical (unpaired) electrons. The van der Waals surface area contributed by atoms with E-state index in [9.17, 15) is 53.4 Å². The average molecular weight is 859 g/mol. The SMILES string of the molecule is CCCC.CSCCC1NC(=O)[C@H](CCCN=C(N)N)NC(=O)C(CCC(=O)O)NC(=O)[C@H]([C@@H](C)O)NC(=O)C(CC(N)=O)NC(=O)CCCCCNC(C)C(=O)C1=O. The molecule has 22 heteroatoms. The number of nitrogens with one attached hydrogen (secondary N) is 6. The highest BCUT2D eigenvalue weighted by atomic mass is 32.2. The Kier molecular flexibility index (Phi) is 27.8. The average Bonchev–Trinajstić information content (AvgIpc) is 3.17. The molecule has 0 aromatic carbocycles. The summed E-state index contributed by atoms with van der Waals surface area (Å²) in [6.07, 6.45) is 2.35. The largest absolute Gasteiger partial charge is 0.481 e. The van der Waals surface area contributed by atoms with Crippen LogP contribution in [0.15, 0.2) is 4.99 Å². The number of Topliss-reactive ketones (excluding diaryl/α,β-unsaturated/α-hetero) is 2. The van der Waals surface area contributed by atoms with E-state index in [1.165, 1.54) is 31.5 Å². The standard InChI is InChI=1S/C33H56N10O11S.C4H10/c1-17-27(49)28(50)19(12-15-55-3)40-29(51)20(8-7-14-38-33(35)36)41-30(52)21(10-11-25(47)48)42-32(54)26(18(2)44)43-31(53)22(16-23(34)45)39-24(46)9-5-4-6-13-37-17;1-3-4-2/h17-22,26,37,44H,4-16H2,1-3H3,(H2,34,45)(H,39,46)(H,40,51)(H,41,52)(H,42,54)(H,43,53)(H,47,48)(H4,35,36,38);3-4H2,1-2H3/t17?,18-,19?,20+,21?,22?,26+;/m1./s1. The Balaban J connectivity index is 0.00000801. The number of amides is 6. The van der Waals surface area contributed by atoms with Crippen LogP contribution in [0.5, 0.6) is 0 Å². The molecule has 0 bridgehead atoms. The molecule has 59 heavy (non-hydrogen) atoms. The number of nitrogens with two attached hydrogens (primary N) is 3. The number of ketones is 2. The summed E-state index contributed by atoms with van der Waals surface area (Å²) < 4.78 is 0. The van der Waals surface area contributed by atoms with Crippen molar-refractivity contribution in [3.63, 3.8) is 0 Å². The van der Waals surface area contributed by atoms with Crippen molar-refractivity contribution in [2.75, 3.05) is 25.1 Å². The summed E-state index contributed by atoms with van der Waals surface area (Å²) in [5, 5.41) is 34.7. The van der Waals surface area contributed by atoms with Crippen molar-refractivity contribution in [2.45, 2.75) is 147 Å². The van der Waals surface area contributed by atoms with Crippen LogP contribution in [0, 0.1) is 0 Å². The molecular formula is C37H66N10O11S. The third kappa shape index (κ3) is 23.4. The molecular weight excluding hydrogens is 793 g/mol. The number of aliphatic hydroxyl groups is 1. The highest BCUT2D eigenvalue weighted by Crippen LogP contribution is 2.10. The molecule has 1 saturated heterocycles. The third-order valence-electron chi connectivity index (χ3n) is 8.89. The van der Waals surface area contributed by atoms with Gasteiger partial charge in [-0.2, -0.15) is 11.8 Å². The fourth-order valence-electron chi connectivity index (χ4n) is 5.34. The number of rotatable bonds is 14. The van der Waals surface area contributed by atoms with Crippen molar-refractivity contribution in [2.24, 2.45) is 22.2 Å². The van der Waals surface area contributed by atoms with Crippen LogP contribution in [0.4, 0.5) is 0 Å². The Morgan fingerprint density at radius 3 is 1.90 bits per heavy atom. The van der Waals surface area contributed by atoms with E-state index < -0.39 is 115 Å². The summed E-state index contributed by atoms with van der Waals surface area (Å²) in [7, 11) is 0. The number of carbonyl (C=O) groups excluding carboxylic acids is 8. The molecule has 1 fully saturated rings. The summed E-state index contributed by atoms with van der Waals surface area (Å²) >= 11 is 1.37. The Bertz CT molecular complexity index is 1440. The van der Waals surface area contributed by atoms with Gasteiger partial charge in [-0.25, -0.2) is 0 Å². The van der Waals surface area contributed by atoms with E-state index in [0.29, 0.717) is 31.6 Å². The number of unbranched alkanes of at least 4 members (excludes halogenated alkanes) is 1. The Morgan fingerprint density at radius 2 is 1.36 bits per heavy atom. The molecule has 4 unspecified atom stereocenters. The molecule has 1 rings (SSSR count). The minimum absolute atomic E-state index is 0.0324. The van der Waals surface area contributed by atoms with Crippen molar-refractivity contribution in [1.82, 2.24) is 31.9 Å². The summed E-state index contributed by atoms with van der Waals surface area (Å²) in [5.41, 5.74) is 16.1. The number of primary amides is 1. The lowest BCUT2D eigenvalue weighted by atomic mass is 10.0. The molecule has 0 saturated carbocycles. The Hall–Kier alpha value is -4.83. The van der Waals surface area contributed by atoms with Gasteiger partial charge in [0.15, 0.2) is 5.96 Å². The predicted molar refractivity (Wildman–Crippen MR) is 221 cm³/mol. The van der Waals surface area contributed by atoms with E-state index in [1.807, 2.05) is 0 Å². The molecule has 6 amide bonds. The second kappa shape index (κ2) is 30.2. The van der Waals surface area contributed by atoms with Crippen LogP contribution in [0.3, 0.4) is 0 Å². The van der Waals surface area contributed by atoms with Gasteiger partial charge >= 0.3 is 5.97 Å². The smallest absolute Gasteiger partial charge is 0.303 e. The minimum Gasteiger partial charge on any atom is -0.481 e. The highest BCUT2D eigenvalue weighted by molar-refractivity contribution is 7.98. The van der Waals surface area contributed by atoms with Gasteiger partial charge in [-0.15, -0.1) is 0 Å². The molecule has 336 valence electrons. The summed E-state index contributed by atoms with van der Waals surface area (Å²) in [4.78, 5) is 121. The lowest BCUT2D eigenvalue weighted by molar-refractivity contribution is -0.140. The molecule has 0 aromatic heterocycles. The Labute approximate surface area is 349 Å². The number of carbonyl (C=O) groups is 9. The van der Waals surface area contributed by atoms with Crippen molar-refractivity contribution in [1.29, 1.82) is 0 Å². The van der Waals surface area contributed by atoms with E-state index in [-0.39, 0.29) is 38.2 Å². The van der Waals surface area contributed by atoms with Crippen LogP contribution in [0.1, 0.15) is 105 Å². The lowest BCUT2D eigenvalue weighted by Crippen LogP contribution is -2.61. The molecule has 7 atom stereocenters. The van der Waals surface area contributed by atoms with Crippen LogP contribution in [-0.4, -0.2) is 137 Å². The van der Waals surface area contributed by atoms with Gasteiger partial charge in [0.2, 0.25) is 47.0 Å². The normalized spacial score (nSPS) is 24.0. The molecule has 1 aliphatic heterocycles. The first kappa shape index (κ1) is 54.2. The van der Waals surface area contributed by atoms with E-state index in [0.717, 1.165) is 6.92 Å². The molecule has 0 aromatic rings.